The van der Waals surface area contributed by atoms with E-state index in [0.717, 1.165) is 28.3 Å². The van der Waals surface area contributed by atoms with Gasteiger partial charge in [0.1, 0.15) is 25.1 Å². The fourth-order valence-corrected chi connectivity index (χ4v) is 7.58. The molecule has 12 atom stereocenters. The topological polar surface area (TPSA) is 180 Å². The highest BCUT2D eigenvalue weighted by Gasteiger charge is 2.47. The quantitative estimate of drug-likeness (QED) is 0.109. The van der Waals surface area contributed by atoms with Gasteiger partial charge in [-0.1, -0.05) is 67.9 Å². The third-order valence-corrected chi connectivity index (χ3v) is 10.9. The second kappa shape index (κ2) is 21.6. The Hall–Kier alpha value is -3.82. The molecule has 4 rings (SSSR count). The summed E-state index contributed by atoms with van der Waals surface area (Å²) in [5, 5.41) is 49.6. The van der Waals surface area contributed by atoms with Crippen LogP contribution in [0.2, 0.25) is 0 Å². The van der Waals surface area contributed by atoms with Crippen LogP contribution >= 0.6 is 0 Å². The summed E-state index contributed by atoms with van der Waals surface area (Å²) in [5.74, 6) is -2.74. The number of nitrogens with zero attached hydrogens (tertiary/aromatic N) is 3. The van der Waals surface area contributed by atoms with E-state index in [-0.39, 0.29) is 32.0 Å². The van der Waals surface area contributed by atoms with Gasteiger partial charge in [0.25, 0.3) is 0 Å². The number of fused-ring (bicyclic) bond motifs is 1. The third-order valence-electron chi connectivity index (χ3n) is 10.9. The molecule has 13 nitrogen and oxygen atoms in total. The van der Waals surface area contributed by atoms with Crippen LogP contribution in [0.15, 0.2) is 71.6 Å². The van der Waals surface area contributed by atoms with Gasteiger partial charge in [0.05, 0.1) is 54.7 Å². The number of likely N-dealkylation sites (N-methyl/N-ethyl adjacent to an activating group) is 1. The lowest BCUT2D eigenvalue weighted by Gasteiger charge is -2.46. The zero-order valence-corrected chi connectivity index (χ0v) is 33.7. The highest BCUT2D eigenvalue weighted by atomic mass is 16.7. The van der Waals surface area contributed by atoms with Crippen molar-refractivity contribution < 1.29 is 49.1 Å². The van der Waals surface area contributed by atoms with Gasteiger partial charge < -0.3 is 49.2 Å². The lowest BCUT2D eigenvalue weighted by atomic mass is 9.79. The van der Waals surface area contributed by atoms with Crippen LogP contribution in [0.25, 0.3) is 17.0 Å². The van der Waals surface area contributed by atoms with Crippen molar-refractivity contribution in [3.8, 4) is 0 Å². The molecule has 1 fully saturated rings. The molecule has 0 radical (unpaired) electrons. The summed E-state index contributed by atoms with van der Waals surface area (Å²) in [5.41, 5.74) is 3.20. The molecule has 0 unspecified atom stereocenters. The van der Waals surface area contributed by atoms with Crippen LogP contribution in [-0.2, 0) is 28.6 Å². The largest absolute Gasteiger partial charge is 0.462 e. The number of aldehydes is 1. The van der Waals surface area contributed by atoms with Crippen LogP contribution in [0.1, 0.15) is 65.9 Å². The van der Waals surface area contributed by atoms with E-state index in [2.05, 4.69) is 10.1 Å². The van der Waals surface area contributed by atoms with Gasteiger partial charge >= 0.3 is 5.97 Å². The maximum Gasteiger partial charge on any atom is 0.308 e. The minimum absolute atomic E-state index is 0.0318. The maximum atomic E-state index is 13.2. The number of hydrogen-bond donors (Lipinski definition) is 4. The number of esters is 1. The molecule has 3 heterocycles. The Balaban J connectivity index is 1.69. The molecule has 2 aromatic rings. The van der Waals surface area contributed by atoms with Gasteiger partial charge in [-0.2, -0.15) is 0 Å². The van der Waals surface area contributed by atoms with Gasteiger partial charge in [-0.05, 0) is 76.6 Å². The van der Waals surface area contributed by atoms with E-state index in [0.29, 0.717) is 18.6 Å². The monoisotopic (exact) mass is 779 g/mol. The minimum atomic E-state index is -1.28. The summed E-state index contributed by atoms with van der Waals surface area (Å²) in [6, 6.07) is 9.20. The van der Waals surface area contributed by atoms with E-state index in [1.807, 2.05) is 81.5 Å². The summed E-state index contributed by atoms with van der Waals surface area (Å²) >= 11 is 0. The summed E-state index contributed by atoms with van der Waals surface area (Å²) in [6.45, 7) is 9.00. The van der Waals surface area contributed by atoms with Crippen LogP contribution in [0.4, 0.5) is 0 Å². The number of benzene rings is 1. The van der Waals surface area contributed by atoms with Crippen LogP contribution in [-0.4, -0.2) is 125 Å². The number of oxime groups is 1. The number of hydrogen-bond acceptors (Lipinski definition) is 13. The van der Waals surface area contributed by atoms with Crippen molar-refractivity contribution in [2.45, 2.75) is 109 Å². The lowest BCUT2D eigenvalue weighted by Crippen LogP contribution is -2.63. The molecule has 4 N–H and O–H groups in total. The van der Waals surface area contributed by atoms with Gasteiger partial charge in [-0.25, -0.2) is 0 Å². The number of aliphatic hydroxyl groups excluding tert-OH is 4. The number of para-hydroxylation sites is 1. The van der Waals surface area contributed by atoms with E-state index >= 15 is 0 Å². The average Bonchev–Trinajstić information content (AvgIpc) is 3.17. The number of cyclic esters (lactones) is 1. The Morgan fingerprint density at radius 3 is 2.54 bits per heavy atom. The van der Waals surface area contributed by atoms with E-state index in [1.165, 1.54) is 0 Å². The molecular formula is C43H61N3O10. The summed E-state index contributed by atoms with van der Waals surface area (Å²) in [7, 11) is 3.48. The molecule has 0 amide bonds. The van der Waals surface area contributed by atoms with Crippen LogP contribution in [0, 0.1) is 23.7 Å². The van der Waals surface area contributed by atoms with Crippen molar-refractivity contribution in [2.75, 3.05) is 27.3 Å². The Morgan fingerprint density at radius 1 is 1.09 bits per heavy atom. The number of carbonyl (C=O) groups is 2. The first-order valence-electron chi connectivity index (χ1n) is 19.6. The molecule has 0 bridgehead atoms. The molecule has 13 heteroatoms. The van der Waals surface area contributed by atoms with Gasteiger partial charge in [0, 0.05) is 35.8 Å². The van der Waals surface area contributed by atoms with Crippen LogP contribution in [0.3, 0.4) is 0 Å². The molecule has 0 aliphatic carbocycles. The first kappa shape index (κ1) is 44.9. The Bertz CT molecular complexity index is 1690. The predicted molar refractivity (Wildman–Crippen MR) is 214 cm³/mol. The molecule has 1 saturated heterocycles. The fraction of sp³-hybridized carbons (Fsp3) is 0.581. The van der Waals surface area contributed by atoms with Crippen molar-refractivity contribution >= 4 is 34.9 Å². The second-order valence-electron chi connectivity index (χ2n) is 15.4. The minimum Gasteiger partial charge on any atom is -0.462 e. The highest BCUT2D eigenvalue weighted by Crippen LogP contribution is 2.34. The molecule has 308 valence electrons. The van der Waals surface area contributed by atoms with Gasteiger partial charge in [0.15, 0.2) is 6.29 Å². The van der Waals surface area contributed by atoms with E-state index in [9.17, 15) is 30.0 Å². The standard InChI is InChI=1S/C43H61N3O10/c1-8-37-33(25-48)20-26(2)15-16-34(45-53-19-11-12-30-22-31-13-9-10-14-35(31)44-24-30)27(3)21-32(17-18-47)42(28(4)36(49)23-38(50)55-37)56-43-41(52)39(46(6)7)40(51)29(5)54-43/h9-16,18,20,22,24,27-29,32-33,36-37,39-43,48-49,51-52H,8,17,19,21,23,25H2,1-7H3/b12-11+,16-15+,26-20+,45-34-/t27-,28+,29-,32+,33-,36-,37-,39+,40-,41-,42-,43+/m1/s1. The van der Waals surface area contributed by atoms with Crippen LogP contribution < -0.4 is 0 Å². The lowest BCUT2D eigenvalue weighted by molar-refractivity contribution is -0.304. The Labute approximate surface area is 330 Å². The zero-order valence-electron chi connectivity index (χ0n) is 33.7. The normalized spacial score (nSPS) is 35.0. The first-order valence-corrected chi connectivity index (χ1v) is 19.6. The van der Waals surface area contributed by atoms with Crippen molar-refractivity contribution in [1.29, 1.82) is 0 Å². The number of ether oxygens (including phenoxy) is 3. The molecular weight excluding hydrogens is 718 g/mol. The SMILES string of the molecule is CC[C@H]1OC(=O)C[C@@H](O)[C@H](C)[C@@H](O[C@@H]2O[C@H](C)[C@@H](O)[C@H](N(C)C)[C@H]2O)[C@@H](CC=O)C[C@@H](C)C(=N\OC/C=C/c2cnc3ccccc3c2)/C=C/C(C)=C/[C@@H]1CO. The number of allylic oxidation sites excluding steroid dienone is 3. The fourth-order valence-electron chi connectivity index (χ4n) is 7.58. The number of carbonyl (C=O) groups excluding carboxylic acids is 2. The molecule has 0 saturated carbocycles. The second-order valence-corrected chi connectivity index (χ2v) is 15.4. The maximum absolute atomic E-state index is 13.2. The van der Waals surface area contributed by atoms with E-state index < -0.39 is 72.7 Å². The van der Waals surface area contributed by atoms with Crippen molar-refractivity contribution in [3.05, 3.63) is 72.0 Å². The van der Waals surface area contributed by atoms with Crippen LogP contribution in [0.5, 0.6) is 0 Å². The number of pyridine rings is 1. The van der Waals surface area contributed by atoms with E-state index in [4.69, 9.17) is 19.0 Å². The molecule has 1 aromatic carbocycles. The number of aromatic nitrogens is 1. The third kappa shape index (κ3) is 12.1. The van der Waals surface area contributed by atoms with Gasteiger partial charge in [-0.3, -0.25) is 9.78 Å². The highest BCUT2D eigenvalue weighted by molar-refractivity contribution is 5.96. The Morgan fingerprint density at radius 2 is 1.84 bits per heavy atom. The van der Waals surface area contributed by atoms with Crippen molar-refractivity contribution in [1.82, 2.24) is 9.88 Å². The average molecular weight is 780 g/mol. The smallest absolute Gasteiger partial charge is 0.308 e. The molecule has 0 spiro atoms. The summed E-state index contributed by atoms with van der Waals surface area (Å²) in [4.78, 5) is 37.6. The van der Waals surface area contributed by atoms with E-state index in [1.54, 1.807) is 39.0 Å². The summed E-state index contributed by atoms with van der Waals surface area (Å²) in [6.07, 6.45) is 5.29. The molecule has 1 aromatic heterocycles. The predicted octanol–water partition coefficient (Wildman–Crippen LogP) is 4.47. The molecule has 2 aliphatic rings. The van der Waals surface area contributed by atoms with Gasteiger partial charge in [0.2, 0.25) is 0 Å². The molecule has 56 heavy (non-hydrogen) atoms. The number of rotatable bonds is 11. The number of aliphatic hydroxyl groups is 4. The van der Waals surface area contributed by atoms with Crippen molar-refractivity contribution in [2.24, 2.45) is 28.8 Å². The molecule has 2 aliphatic heterocycles. The first-order chi connectivity index (χ1) is 26.8. The Kier molecular flexibility index (Phi) is 17.3. The summed E-state index contributed by atoms with van der Waals surface area (Å²) < 4.78 is 18.4. The van der Waals surface area contributed by atoms with Crippen molar-refractivity contribution in [3.63, 3.8) is 0 Å². The van der Waals surface area contributed by atoms with Gasteiger partial charge in [-0.15, -0.1) is 0 Å². The zero-order chi connectivity index (χ0) is 40.9.